The maximum atomic E-state index is 13.9. The highest BCUT2D eigenvalue weighted by atomic mass is 32.2. The lowest BCUT2D eigenvalue weighted by Crippen LogP contribution is -2.38. The van der Waals surface area contributed by atoms with Crippen molar-refractivity contribution < 1.29 is 13.6 Å². The topological polar surface area (TPSA) is 45.2 Å². The zero-order valence-corrected chi connectivity index (χ0v) is 15.9. The molecule has 144 valence electrons. The number of thioether (sulfide) groups is 1. The second kappa shape index (κ2) is 8.14. The van der Waals surface area contributed by atoms with E-state index in [0.717, 1.165) is 17.1 Å². The van der Waals surface area contributed by atoms with Gasteiger partial charge in [0.25, 0.3) is 5.91 Å². The Kier molecular flexibility index (Phi) is 5.43. The summed E-state index contributed by atoms with van der Waals surface area (Å²) < 4.78 is 27.1. The Morgan fingerprint density at radius 3 is 2.54 bits per heavy atom. The van der Waals surface area contributed by atoms with Gasteiger partial charge in [-0.3, -0.25) is 9.78 Å². The monoisotopic (exact) mass is 399 g/mol. The number of nitrogens with zero attached hydrogens (tertiary/aromatic N) is 2. The first-order valence-electron chi connectivity index (χ1n) is 9.05. The molecule has 0 aliphatic carbocycles. The van der Waals surface area contributed by atoms with Crippen molar-refractivity contribution in [1.29, 1.82) is 0 Å². The molecule has 0 saturated carbocycles. The van der Waals surface area contributed by atoms with Crippen molar-refractivity contribution >= 4 is 34.3 Å². The SMILES string of the molecule is O=C(c1cnc2ccc(F)cc2c1NCc1ccc(F)cc1)N1CCSCC1. The molecular formula is C21H19F2N3OS. The van der Waals surface area contributed by atoms with Crippen molar-refractivity contribution in [3.63, 3.8) is 0 Å². The molecule has 0 bridgehead atoms. The summed E-state index contributed by atoms with van der Waals surface area (Å²) in [5.74, 6) is 0.997. The normalized spacial score (nSPS) is 14.3. The van der Waals surface area contributed by atoms with Crippen LogP contribution in [-0.2, 0) is 6.54 Å². The van der Waals surface area contributed by atoms with Crippen LogP contribution in [0.15, 0.2) is 48.7 Å². The average molecular weight is 399 g/mol. The van der Waals surface area contributed by atoms with Crippen molar-refractivity contribution in [2.45, 2.75) is 6.54 Å². The Labute approximate surface area is 165 Å². The molecule has 3 aromatic rings. The van der Waals surface area contributed by atoms with Crippen LogP contribution in [0.3, 0.4) is 0 Å². The van der Waals surface area contributed by atoms with Crippen LogP contribution in [0.1, 0.15) is 15.9 Å². The highest BCUT2D eigenvalue weighted by Crippen LogP contribution is 2.29. The summed E-state index contributed by atoms with van der Waals surface area (Å²) >= 11 is 1.82. The van der Waals surface area contributed by atoms with Crippen molar-refractivity contribution in [2.75, 3.05) is 29.9 Å². The molecule has 28 heavy (non-hydrogen) atoms. The number of nitrogens with one attached hydrogen (secondary N) is 1. The van der Waals surface area contributed by atoms with E-state index in [4.69, 9.17) is 0 Å². The number of anilines is 1. The predicted octanol–water partition coefficient (Wildman–Crippen LogP) is 4.31. The molecule has 1 N–H and O–H groups in total. The molecule has 4 nitrogen and oxygen atoms in total. The molecule has 7 heteroatoms. The Morgan fingerprint density at radius 2 is 1.79 bits per heavy atom. The lowest BCUT2D eigenvalue weighted by atomic mass is 10.1. The quantitative estimate of drug-likeness (QED) is 0.710. The van der Waals surface area contributed by atoms with Gasteiger partial charge in [0.15, 0.2) is 0 Å². The Morgan fingerprint density at radius 1 is 1.07 bits per heavy atom. The molecule has 4 rings (SSSR count). The Hall–Kier alpha value is -2.67. The van der Waals surface area contributed by atoms with E-state index in [-0.39, 0.29) is 11.7 Å². The second-order valence-electron chi connectivity index (χ2n) is 6.59. The van der Waals surface area contributed by atoms with Gasteiger partial charge in [0.1, 0.15) is 11.6 Å². The largest absolute Gasteiger partial charge is 0.380 e. The van der Waals surface area contributed by atoms with Crippen molar-refractivity contribution in [3.05, 3.63) is 71.4 Å². The first-order chi connectivity index (χ1) is 13.6. The molecule has 1 amide bonds. The number of aromatic nitrogens is 1. The maximum absolute atomic E-state index is 13.9. The van der Waals surface area contributed by atoms with Gasteiger partial charge >= 0.3 is 0 Å². The van der Waals surface area contributed by atoms with Crippen LogP contribution in [0.4, 0.5) is 14.5 Å². The number of amides is 1. The third kappa shape index (κ3) is 3.94. The minimum absolute atomic E-state index is 0.111. The fourth-order valence-corrected chi connectivity index (χ4v) is 4.15. The second-order valence-corrected chi connectivity index (χ2v) is 7.82. The van der Waals surface area contributed by atoms with Crippen LogP contribution in [0.2, 0.25) is 0 Å². The van der Waals surface area contributed by atoms with Crippen LogP contribution in [0.25, 0.3) is 10.9 Å². The number of carbonyl (C=O) groups is 1. The highest BCUT2D eigenvalue weighted by Gasteiger charge is 2.23. The molecule has 0 radical (unpaired) electrons. The van der Waals surface area contributed by atoms with Gasteiger partial charge in [-0.05, 0) is 35.9 Å². The summed E-state index contributed by atoms with van der Waals surface area (Å²) in [5.41, 5.74) is 2.44. The molecule has 1 aliphatic rings. The number of halogens is 2. The summed E-state index contributed by atoms with van der Waals surface area (Å²) in [6.07, 6.45) is 1.55. The van der Waals surface area contributed by atoms with Gasteiger partial charge in [0, 0.05) is 42.7 Å². The lowest BCUT2D eigenvalue weighted by molar-refractivity contribution is 0.0773. The van der Waals surface area contributed by atoms with Crippen LogP contribution < -0.4 is 5.32 Å². The van der Waals surface area contributed by atoms with E-state index in [2.05, 4.69) is 10.3 Å². The van der Waals surface area contributed by atoms with Gasteiger partial charge in [-0.25, -0.2) is 8.78 Å². The van der Waals surface area contributed by atoms with Crippen molar-refractivity contribution in [1.82, 2.24) is 9.88 Å². The van der Waals surface area contributed by atoms with Gasteiger partial charge in [0.2, 0.25) is 0 Å². The fourth-order valence-electron chi connectivity index (χ4n) is 3.25. The molecule has 2 aromatic carbocycles. The Balaban J connectivity index is 1.72. The first-order valence-corrected chi connectivity index (χ1v) is 10.2. The zero-order chi connectivity index (χ0) is 19.5. The number of hydrogen-bond donors (Lipinski definition) is 1. The molecule has 1 saturated heterocycles. The minimum Gasteiger partial charge on any atom is -0.380 e. The molecular weight excluding hydrogens is 380 g/mol. The molecule has 1 fully saturated rings. The van der Waals surface area contributed by atoms with Crippen LogP contribution in [0, 0.1) is 11.6 Å². The Bertz CT molecular complexity index is 1000. The van der Waals surface area contributed by atoms with Crippen LogP contribution in [0.5, 0.6) is 0 Å². The first kappa shape index (κ1) is 18.7. The molecule has 1 aliphatic heterocycles. The van der Waals surface area contributed by atoms with E-state index >= 15 is 0 Å². The standard InChI is InChI=1S/C21H19F2N3OS/c22-15-3-1-14(2-4-15)12-25-20-17-11-16(23)5-6-19(17)24-13-18(20)21(27)26-7-9-28-10-8-26/h1-6,11,13H,7-10,12H2,(H,24,25). The van der Waals surface area contributed by atoms with E-state index in [1.165, 1.54) is 24.3 Å². The van der Waals surface area contributed by atoms with E-state index in [1.807, 2.05) is 16.7 Å². The van der Waals surface area contributed by atoms with E-state index < -0.39 is 5.82 Å². The highest BCUT2D eigenvalue weighted by molar-refractivity contribution is 7.99. The minimum atomic E-state index is -0.391. The third-order valence-corrected chi connectivity index (χ3v) is 5.68. The summed E-state index contributed by atoms with van der Waals surface area (Å²) in [4.78, 5) is 19.3. The number of fused-ring (bicyclic) bond motifs is 1. The molecule has 2 heterocycles. The zero-order valence-electron chi connectivity index (χ0n) is 15.1. The smallest absolute Gasteiger partial charge is 0.257 e. The van der Waals surface area contributed by atoms with Gasteiger partial charge in [-0.2, -0.15) is 11.8 Å². The van der Waals surface area contributed by atoms with Gasteiger partial charge in [0.05, 0.1) is 16.8 Å². The van der Waals surface area contributed by atoms with E-state index in [9.17, 15) is 13.6 Å². The summed E-state index contributed by atoms with van der Waals surface area (Å²) in [6.45, 7) is 1.75. The number of pyridine rings is 1. The number of hydrogen-bond acceptors (Lipinski definition) is 4. The molecule has 0 atom stereocenters. The van der Waals surface area contributed by atoms with Crippen LogP contribution >= 0.6 is 11.8 Å². The summed E-state index contributed by atoms with van der Waals surface area (Å²) in [7, 11) is 0. The van der Waals surface area contributed by atoms with E-state index in [1.54, 1.807) is 24.4 Å². The predicted molar refractivity (Wildman–Crippen MR) is 109 cm³/mol. The lowest BCUT2D eigenvalue weighted by Gasteiger charge is -2.27. The number of rotatable bonds is 4. The van der Waals surface area contributed by atoms with E-state index in [0.29, 0.717) is 41.8 Å². The number of carbonyl (C=O) groups excluding carboxylic acids is 1. The third-order valence-electron chi connectivity index (χ3n) is 4.74. The average Bonchev–Trinajstić information content (AvgIpc) is 2.73. The maximum Gasteiger partial charge on any atom is 0.257 e. The van der Waals surface area contributed by atoms with Gasteiger partial charge < -0.3 is 10.2 Å². The summed E-state index contributed by atoms with van der Waals surface area (Å²) in [6, 6.07) is 10.5. The molecule has 0 unspecified atom stereocenters. The van der Waals surface area contributed by atoms with Gasteiger partial charge in [-0.1, -0.05) is 12.1 Å². The summed E-state index contributed by atoms with van der Waals surface area (Å²) in [5, 5.41) is 3.81. The van der Waals surface area contributed by atoms with Crippen LogP contribution in [-0.4, -0.2) is 40.4 Å². The van der Waals surface area contributed by atoms with Crippen molar-refractivity contribution in [2.24, 2.45) is 0 Å². The fraction of sp³-hybridized carbons (Fsp3) is 0.238. The van der Waals surface area contributed by atoms with Gasteiger partial charge in [-0.15, -0.1) is 0 Å². The molecule has 1 aromatic heterocycles. The number of benzene rings is 2. The molecule has 0 spiro atoms. The van der Waals surface area contributed by atoms with Crippen molar-refractivity contribution in [3.8, 4) is 0 Å².